The van der Waals surface area contributed by atoms with Crippen molar-refractivity contribution in [3.63, 3.8) is 0 Å². The minimum absolute atomic E-state index is 0.212. The number of hydrogen-bond acceptors (Lipinski definition) is 1. The van der Waals surface area contributed by atoms with E-state index in [9.17, 15) is 0 Å². The summed E-state index contributed by atoms with van der Waals surface area (Å²) in [6, 6.07) is 0. The molecule has 0 aliphatic heterocycles. The van der Waals surface area contributed by atoms with Gasteiger partial charge in [0, 0.05) is 13.0 Å². The van der Waals surface area contributed by atoms with Gasteiger partial charge >= 0.3 is 0 Å². The Balaban J connectivity index is 3.00. The molecule has 0 aromatic rings. The van der Waals surface area contributed by atoms with Gasteiger partial charge in [0.25, 0.3) is 0 Å². The molecule has 2 atom stereocenters. The van der Waals surface area contributed by atoms with Crippen LogP contribution < -0.4 is 0 Å². The van der Waals surface area contributed by atoms with Gasteiger partial charge < -0.3 is 4.74 Å². The van der Waals surface area contributed by atoms with E-state index in [4.69, 9.17) is 4.74 Å². The van der Waals surface area contributed by atoms with Gasteiger partial charge in [0.15, 0.2) is 0 Å². The molecule has 0 saturated carbocycles. The molecule has 152 valence electrons. The molecule has 0 amide bonds. The first-order valence-corrected chi connectivity index (χ1v) is 10.6. The van der Waals surface area contributed by atoms with Crippen LogP contribution in [0.15, 0.2) is 58.7 Å². The summed E-state index contributed by atoms with van der Waals surface area (Å²) in [5, 5.41) is 0. The van der Waals surface area contributed by atoms with Crippen molar-refractivity contribution < 1.29 is 4.74 Å². The zero-order valence-electron chi connectivity index (χ0n) is 18.7. The van der Waals surface area contributed by atoms with Crippen LogP contribution in [0.1, 0.15) is 86.0 Å². The normalized spacial score (nSPS) is 28.6. The summed E-state index contributed by atoms with van der Waals surface area (Å²) in [4.78, 5) is 0. The van der Waals surface area contributed by atoms with Crippen LogP contribution in [0.3, 0.4) is 0 Å². The molecule has 1 heteroatoms. The first-order valence-electron chi connectivity index (χ1n) is 10.6. The molecule has 0 N–H and O–H groups in total. The fourth-order valence-electron chi connectivity index (χ4n) is 3.73. The lowest BCUT2D eigenvalue weighted by atomic mass is 9.84. The van der Waals surface area contributed by atoms with Crippen molar-refractivity contribution in [3.05, 3.63) is 58.7 Å². The topological polar surface area (TPSA) is 9.23 Å². The third-order valence-electron chi connectivity index (χ3n) is 5.60. The quantitative estimate of drug-likeness (QED) is 0.444. The molecule has 1 rings (SSSR count). The lowest BCUT2D eigenvalue weighted by Gasteiger charge is -2.28. The monoisotopic (exact) mass is 370 g/mol. The van der Waals surface area contributed by atoms with Crippen molar-refractivity contribution in [1.82, 2.24) is 0 Å². The molecule has 0 spiro atoms. The van der Waals surface area contributed by atoms with Crippen LogP contribution in [-0.4, -0.2) is 13.2 Å². The fourth-order valence-corrected chi connectivity index (χ4v) is 3.73. The highest BCUT2D eigenvalue weighted by Crippen LogP contribution is 2.30. The maximum Gasteiger partial charge on any atom is 0.0676 e. The van der Waals surface area contributed by atoms with Crippen LogP contribution >= 0.6 is 0 Å². The molecule has 0 bridgehead atoms. The van der Waals surface area contributed by atoms with Crippen molar-refractivity contribution in [2.45, 2.75) is 92.1 Å². The van der Waals surface area contributed by atoms with E-state index in [1.54, 1.807) is 0 Å². The highest BCUT2D eigenvalue weighted by Gasteiger charge is 2.23. The van der Waals surface area contributed by atoms with Gasteiger partial charge in [0.05, 0.1) is 6.10 Å². The smallest absolute Gasteiger partial charge is 0.0676 e. The van der Waals surface area contributed by atoms with Gasteiger partial charge in [-0.3, -0.25) is 0 Å². The van der Waals surface area contributed by atoms with Crippen molar-refractivity contribution in [3.8, 4) is 0 Å². The third kappa shape index (κ3) is 9.96. The largest absolute Gasteiger partial charge is 0.380 e. The molecule has 1 aliphatic carbocycles. The van der Waals surface area contributed by atoms with Crippen molar-refractivity contribution in [2.75, 3.05) is 7.11 Å². The second-order valence-electron chi connectivity index (χ2n) is 8.53. The molecule has 0 aromatic carbocycles. The zero-order chi connectivity index (χ0) is 20.2. The summed E-state index contributed by atoms with van der Waals surface area (Å²) in [6.07, 6.45) is 18.5. The van der Waals surface area contributed by atoms with E-state index >= 15 is 0 Å². The van der Waals surface area contributed by atoms with Crippen molar-refractivity contribution in [1.29, 1.82) is 0 Å². The van der Waals surface area contributed by atoms with Crippen LogP contribution in [0.2, 0.25) is 0 Å². The van der Waals surface area contributed by atoms with Crippen LogP contribution in [0.5, 0.6) is 0 Å². The SMILES string of the molecule is C=C(CCC=C(C)C)[C@H]1C/C=C(\C)CC/C=C(/C)CC/C=C(\C)C[C@@H]1OC. The predicted molar refractivity (Wildman–Crippen MR) is 121 cm³/mol. The Morgan fingerprint density at radius 1 is 1.04 bits per heavy atom. The standard InChI is InChI=1S/C26H42O/c1-20(2)11-8-16-24(6)25-18-17-22(4)14-9-12-21(3)13-10-15-23(5)19-26(25)27-7/h11-12,15,17,25-26H,6,8-10,13-14,16,18-19H2,1-5,7H3/b21-12-,22-17+,23-15+/t25-,26+/m1/s1. The second-order valence-corrected chi connectivity index (χ2v) is 8.53. The Morgan fingerprint density at radius 3 is 2.22 bits per heavy atom. The van der Waals surface area contributed by atoms with Crippen LogP contribution in [0.25, 0.3) is 0 Å². The first kappa shape index (κ1) is 23.7. The molecule has 1 nitrogen and oxygen atoms in total. The van der Waals surface area contributed by atoms with Gasteiger partial charge in [-0.25, -0.2) is 0 Å². The number of ether oxygens (including phenoxy) is 1. The van der Waals surface area contributed by atoms with E-state index in [0.29, 0.717) is 5.92 Å². The molecule has 0 aromatic heterocycles. The first-order chi connectivity index (χ1) is 12.8. The zero-order valence-corrected chi connectivity index (χ0v) is 18.7. The summed E-state index contributed by atoms with van der Waals surface area (Å²) in [5.41, 5.74) is 7.15. The van der Waals surface area contributed by atoms with Crippen LogP contribution in [-0.2, 0) is 4.74 Å². The van der Waals surface area contributed by atoms with E-state index in [1.807, 2.05) is 7.11 Å². The Morgan fingerprint density at radius 2 is 1.63 bits per heavy atom. The summed E-state index contributed by atoms with van der Waals surface area (Å²) in [6.45, 7) is 15.6. The summed E-state index contributed by atoms with van der Waals surface area (Å²) < 4.78 is 5.98. The number of methoxy groups -OCH3 is 1. The molecule has 0 unspecified atom stereocenters. The van der Waals surface area contributed by atoms with E-state index < -0.39 is 0 Å². The van der Waals surface area contributed by atoms with E-state index in [2.05, 4.69) is 65.5 Å². The van der Waals surface area contributed by atoms with Crippen LogP contribution in [0, 0.1) is 5.92 Å². The Bertz CT molecular complexity index is 581. The minimum Gasteiger partial charge on any atom is -0.380 e. The average molecular weight is 371 g/mol. The summed E-state index contributed by atoms with van der Waals surface area (Å²) in [5.74, 6) is 0.388. The van der Waals surface area contributed by atoms with Crippen LogP contribution in [0.4, 0.5) is 0 Å². The third-order valence-corrected chi connectivity index (χ3v) is 5.60. The van der Waals surface area contributed by atoms with Gasteiger partial charge in [-0.15, -0.1) is 0 Å². The maximum atomic E-state index is 5.98. The minimum atomic E-state index is 0.212. The van der Waals surface area contributed by atoms with Gasteiger partial charge in [0.1, 0.15) is 0 Å². The highest BCUT2D eigenvalue weighted by atomic mass is 16.5. The molecule has 0 heterocycles. The second kappa shape index (κ2) is 12.9. The Labute approximate surface area is 169 Å². The van der Waals surface area contributed by atoms with E-state index in [1.165, 1.54) is 27.9 Å². The van der Waals surface area contributed by atoms with Gasteiger partial charge in [-0.05, 0) is 86.0 Å². The van der Waals surface area contributed by atoms with Crippen molar-refractivity contribution >= 4 is 0 Å². The molecule has 0 radical (unpaired) electrons. The van der Waals surface area contributed by atoms with E-state index in [0.717, 1.165) is 51.4 Å². The Kier molecular flexibility index (Phi) is 11.4. The van der Waals surface area contributed by atoms with Crippen molar-refractivity contribution in [2.24, 2.45) is 5.92 Å². The van der Waals surface area contributed by atoms with Gasteiger partial charge in [-0.1, -0.05) is 58.7 Å². The molecular formula is C26H42O. The summed E-state index contributed by atoms with van der Waals surface area (Å²) >= 11 is 0. The maximum absolute atomic E-state index is 5.98. The fraction of sp³-hybridized carbons (Fsp3) is 0.615. The predicted octanol–water partition coefficient (Wildman–Crippen LogP) is 8.11. The average Bonchev–Trinajstić information content (AvgIpc) is 2.59. The van der Waals surface area contributed by atoms with Gasteiger partial charge in [0.2, 0.25) is 0 Å². The highest BCUT2D eigenvalue weighted by molar-refractivity contribution is 5.14. The molecule has 27 heavy (non-hydrogen) atoms. The molecule has 1 aliphatic rings. The number of hydrogen-bond donors (Lipinski definition) is 0. The Hall–Kier alpha value is -1.34. The number of allylic oxidation sites excluding steroid dienone is 7. The van der Waals surface area contributed by atoms with Gasteiger partial charge in [-0.2, -0.15) is 0 Å². The van der Waals surface area contributed by atoms with E-state index in [-0.39, 0.29) is 6.10 Å². The molecule has 0 saturated heterocycles. The lowest BCUT2D eigenvalue weighted by molar-refractivity contribution is 0.0648. The molecule has 0 fully saturated rings. The summed E-state index contributed by atoms with van der Waals surface area (Å²) in [7, 11) is 1.86. The molecular weight excluding hydrogens is 328 g/mol. The lowest BCUT2D eigenvalue weighted by Crippen LogP contribution is -2.24. The number of rotatable bonds is 5.